The number of aryl methyl sites for hydroxylation is 2. The first-order valence-corrected chi connectivity index (χ1v) is 11.1. The van der Waals surface area contributed by atoms with E-state index in [9.17, 15) is 9.59 Å². The number of carbonyl (C=O) groups is 2. The first-order valence-electron chi connectivity index (χ1n) is 10.3. The number of likely N-dealkylation sites (N-methyl/N-ethyl adjacent to an activating group) is 1. The standard InChI is InChI=1S/C22H32N4O4S/c1-7-25(8-2)11-12-26(14-20(27)24-22-23-15(3)16(4)31-22)21(28)18-10-9-17(29-5)13-19(18)30-6/h9-10,13H,7-8,11-12,14H2,1-6H3,(H,23,24,27). The van der Waals surface area contributed by atoms with Gasteiger partial charge in [0.2, 0.25) is 5.91 Å². The summed E-state index contributed by atoms with van der Waals surface area (Å²) in [6, 6.07) is 5.03. The van der Waals surface area contributed by atoms with Gasteiger partial charge in [-0.2, -0.15) is 0 Å². The van der Waals surface area contributed by atoms with E-state index in [1.807, 2.05) is 13.8 Å². The van der Waals surface area contributed by atoms with Gasteiger partial charge >= 0.3 is 0 Å². The van der Waals surface area contributed by atoms with Crippen molar-refractivity contribution in [3.05, 3.63) is 34.3 Å². The van der Waals surface area contributed by atoms with Gasteiger partial charge in [0.15, 0.2) is 5.13 Å². The van der Waals surface area contributed by atoms with Crippen LogP contribution in [0.5, 0.6) is 11.5 Å². The fourth-order valence-electron chi connectivity index (χ4n) is 3.06. The lowest BCUT2D eigenvalue weighted by molar-refractivity contribution is -0.116. The highest BCUT2D eigenvalue weighted by molar-refractivity contribution is 7.15. The van der Waals surface area contributed by atoms with Crippen LogP contribution in [0.3, 0.4) is 0 Å². The molecule has 0 aliphatic rings. The maximum atomic E-state index is 13.4. The molecule has 8 nitrogen and oxygen atoms in total. The van der Waals surface area contributed by atoms with Crippen LogP contribution in [-0.4, -0.2) is 73.5 Å². The Balaban J connectivity index is 2.22. The van der Waals surface area contributed by atoms with Crippen LogP contribution in [-0.2, 0) is 4.79 Å². The Kier molecular flexibility index (Phi) is 9.26. The quantitative estimate of drug-likeness (QED) is 0.568. The number of carbonyl (C=O) groups excluding carboxylic acids is 2. The van der Waals surface area contributed by atoms with Gasteiger partial charge in [0.1, 0.15) is 18.0 Å². The van der Waals surface area contributed by atoms with Crippen molar-refractivity contribution < 1.29 is 19.1 Å². The van der Waals surface area contributed by atoms with Crippen LogP contribution in [0.1, 0.15) is 34.8 Å². The predicted octanol–water partition coefficient (Wildman–Crippen LogP) is 3.20. The number of hydrogen-bond acceptors (Lipinski definition) is 7. The number of ether oxygens (including phenoxy) is 2. The van der Waals surface area contributed by atoms with Gasteiger partial charge in [0.25, 0.3) is 5.91 Å². The molecule has 0 spiro atoms. The van der Waals surface area contributed by atoms with E-state index < -0.39 is 0 Å². The summed E-state index contributed by atoms with van der Waals surface area (Å²) in [6.45, 7) is 10.7. The number of thiazole rings is 1. The van der Waals surface area contributed by atoms with Gasteiger partial charge in [-0.15, -0.1) is 11.3 Å². The van der Waals surface area contributed by atoms with E-state index in [1.165, 1.54) is 18.4 Å². The van der Waals surface area contributed by atoms with Crippen LogP contribution >= 0.6 is 11.3 Å². The minimum absolute atomic E-state index is 0.0764. The summed E-state index contributed by atoms with van der Waals surface area (Å²) in [5.41, 5.74) is 1.27. The fraction of sp³-hybridized carbons (Fsp3) is 0.500. The molecule has 2 aromatic rings. The Morgan fingerprint density at radius 3 is 2.35 bits per heavy atom. The van der Waals surface area contributed by atoms with E-state index in [0.717, 1.165) is 23.7 Å². The third-order valence-corrected chi connectivity index (χ3v) is 6.10. The second-order valence-corrected chi connectivity index (χ2v) is 8.23. The number of benzene rings is 1. The predicted molar refractivity (Wildman–Crippen MR) is 123 cm³/mol. The molecule has 0 aliphatic carbocycles. The molecule has 170 valence electrons. The Labute approximate surface area is 188 Å². The molecule has 1 aromatic carbocycles. The summed E-state index contributed by atoms with van der Waals surface area (Å²) in [5.74, 6) is 0.446. The largest absolute Gasteiger partial charge is 0.497 e. The summed E-state index contributed by atoms with van der Waals surface area (Å²) in [5, 5.41) is 3.35. The van der Waals surface area contributed by atoms with E-state index in [0.29, 0.717) is 35.3 Å². The molecule has 0 bridgehead atoms. The van der Waals surface area contributed by atoms with Gasteiger partial charge in [-0.05, 0) is 39.1 Å². The van der Waals surface area contributed by atoms with Crippen LogP contribution < -0.4 is 14.8 Å². The van der Waals surface area contributed by atoms with Crippen molar-refractivity contribution in [1.82, 2.24) is 14.8 Å². The Morgan fingerprint density at radius 1 is 1.10 bits per heavy atom. The van der Waals surface area contributed by atoms with E-state index in [4.69, 9.17) is 9.47 Å². The molecule has 0 saturated carbocycles. The van der Waals surface area contributed by atoms with Crippen molar-refractivity contribution in [2.24, 2.45) is 0 Å². The van der Waals surface area contributed by atoms with E-state index in [2.05, 4.69) is 29.0 Å². The lowest BCUT2D eigenvalue weighted by atomic mass is 10.1. The third kappa shape index (κ3) is 6.67. The van der Waals surface area contributed by atoms with Gasteiger partial charge < -0.3 is 24.6 Å². The van der Waals surface area contributed by atoms with Crippen LogP contribution in [0.15, 0.2) is 18.2 Å². The summed E-state index contributed by atoms with van der Waals surface area (Å²) >= 11 is 1.42. The zero-order valence-corrected chi connectivity index (χ0v) is 20.0. The van der Waals surface area contributed by atoms with E-state index in [1.54, 1.807) is 30.2 Å². The molecule has 0 radical (unpaired) electrons. The molecule has 0 saturated heterocycles. The van der Waals surface area contributed by atoms with Gasteiger partial charge in [-0.3, -0.25) is 9.59 Å². The maximum Gasteiger partial charge on any atom is 0.258 e. The molecule has 2 rings (SSSR count). The highest BCUT2D eigenvalue weighted by Gasteiger charge is 2.23. The molecular weight excluding hydrogens is 416 g/mol. The van der Waals surface area contributed by atoms with E-state index >= 15 is 0 Å². The van der Waals surface area contributed by atoms with Crippen molar-refractivity contribution in [2.45, 2.75) is 27.7 Å². The zero-order valence-electron chi connectivity index (χ0n) is 19.2. The third-order valence-electron chi connectivity index (χ3n) is 5.12. The molecular formula is C22H32N4O4S. The Morgan fingerprint density at radius 2 is 1.81 bits per heavy atom. The SMILES string of the molecule is CCN(CC)CCN(CC(=O)Nc1nc(C)c(C)s1)C(=O)c1ccc(OC)cc1OC. The second kappa shape index (κ2) is 11.7. The molecule has 1 aromatic heterocycles. The number of anilines is 1. The van der Waals surface area contributed by atoms with Crippen molar-refractivity contribution in [3.63, 3.8) is 0 Å². The average molecular weight is 449 g/mol. The van der Waals surface area contributed by atoms with Crippen molar-refractivity contribution in [1.29, 1.82) is 0 Å². The molecule has 0 unspecified atom stereocenters. The fourth-order valence-corrected chi connectivity index (χ4v) is 3.89. The highest BCUT2D eigenvalue weighted by Crippen LogP contribution is 2.26. The summed E-state index contributed by atoms with van der Waals surface area (Å²) in [4.78, 5) is 35.2. The molecule has 9 heteroatoms. The molecule has 0 atom stereocenters. The number of methoxy groups -OCH3 is 2. The number of nitrogens with zero attached hydrogens (tertiary/aromatic N) is 3. The van der Waals surface area contributed by atoms with Crippen LogP contribution in [0.25, 0.3) is 0 Å². The number of rotatable bonds is 11. The van der Waals surface area contributed by atoms with Crippen molar-refractivity contribution >= 4 is 28.3 Å². The normalized spacial score (nSPS) is 10.8. The molecule has 1 N–H and O–H groups in total. The lowest BCUT2D eigenvalue weighted by Crippen LogP contribution is -2.42. The first kappa shape index (κ1) is 24.6. The number of amides is 2. The monoisotopic (exact) mass is 448 g/mol. The Hall–Kier alpha value is -2.65. The summed E-state index contributed by atoms with van der Waals surface area (Å²) in [7, 11) is 3.06. The van der Waals surface area contributed by atoms with Gasteiger partial charge in [0, 0.05) is 24.0 Å². The van der Waals surface area contributed by atoms with Crippen molar-refractivity contribution in [2.75, 3.05) is 52.3 Å². The molecule has 0 fully saturated rings. The van der Waals surface area contributed by atoms with Gasteiger partial charge in [-0.25, -0.2) is 4.98 Å². The maximum absolute atomic E-state index is 13.4. The van der Waals surface area contributed by atoms with Crippen LogP contribution in [0.4, 0.5) is 5.13 Å². The van der Waals surface area contributed by atoms with Crippen molar-refractivity contribution in [3.8, 4) is 11.5 Å². The minimum Gasteiger partial charge on any atom is -0.497 e. The minimum atomic E-state index is -0.283. The topological polar surface area (TPSA) is 84.0 Å². The molecule has 2 amide bonds. The second-order valence-electron chi connectivity index (χ2n) is 7.03. The van der Waals surface area contributed by atoms with E-state index in [-0.39, 0.29) is 18.4 Å². The zero-order chi connectivity index (χ0) is 23.0. The average Bonchev–Trinajstić information content (AvgIpc) is 3.08. The van der Waals surface area contributed by atoms with Gasteiger partial charge in [-0.1, -0.05) is 13.8 Å². The lowest BCUT2D eigenvalue weighted by Gasteiger charge is -2.26. The van der Waals surface area contributed by atoms with Gasteiger partial charge in [0.05, 0.1) is 25.5 Å². The van der Waals surface area contributed by atoms with Crippen LogP contribution in [0.2, 0.25) is 0 Å². The first-order chi connectivity index (χ1) is 14.8. The summed E-state index contributed by atoms with van der Waals surface area (Å²) < 4.78 is 10.6. The highest BCUT2D eigenvalue weighted by atomic mass is 32.1. The number of hydrogen-bond donors (Lipinski definition) is 1. The number of aromatic nitrogens is 1. The smallest absolute Gasteiger partial charge is 0.258 e. The Bertz CT molecular complexity index is 876. The molecule has 0 aliphatic heterocycles. The molecule has 31 heavy (non-hydrogen) atoms. The van der Waals surface area contributed by atoms with Crippen LogP contribution in [0, 0.1) is 13.8 Å². The number of nitrogens with one attached hydrogen (secondary N) is 1. The summed E-state index contributed by atoms with van der Waals surface area (Å²) in [6.07, 6.45) is 0. The molecule has 1 heterocycles.